The molecule has 2 saturated heterocycles. The van der Waals surface area contributed by atoms with Crippen molar-refractivity contribution in [3.8, 4) is 0 Å². The third-order valence-electron chi connectivity index (χ3n) is 9.80. The van der Waals surface area contributed by atoms with E-state index in [9.17, 15) is 27.6 Å². The number of anilines is 1. The number of halogens is 3. The van der Waals surface area contributed by atoms with Gasteiger partial charge in [-0.1, -0.05) is 31.5 Å². The van der Waals surface area contributed by atoms with Gasteiger partial charge in [0.15, 0.2) is 5.54 Å². The van der Waals surface area contributed by atoms with E-state index in [0.29, 0.717) is 35.3 Å². The van der Waals surface area contributed by atoms with Crippen molar-refractivity contribution in [3.05, 3.63) is 53.2 Å². The molecule has 3 fully saturated rings. The summed E-state index contributed by atoms with van der Waals surface area (Å²) in [5.74, 6) is -1.21. The molecular weight excluding hydrogens is 559 g/mol. The van der Waals surface area contributed by atoms with E-state index in [2.05, 4.69) is 22.1 Å². The predicted molar refractivity (Wildman–Crippen MR) is 158 cm³/mol. The Balaban J connectivity index is 1.23. The van der Waals surface area contributed by atoms with Gasteiger partial charge >= 0.3 is 6.18 Å². The highest BCUT2D eigenvalue weighted by Gasteiger charge is 2.56. The van der Waals surface area contributed by atoms with Crippen LogP contribution in [0, 0.1) is 5.41 Å². The van der Waals surface area contributed by atoms with E-state index in [1.807, 2.05) is 6.07 Å². The van der Waals surface area contributed by atoms with Crippen LogP contribution in [0.4, 0.5) is 18.9 Å². The Bertz CT molecular complexity index is 1540. The van der Waals surface area contributed by atoms with Crippen molar-refractivity contribution >= 4 is 40.4 Å². The van der Waals surface area contributed by atoms with E-state index in [4.69, 9.17) is 5.73 Å². The van der Waals surface area contributed by atoms with E-state index in [1.54, 1.807) is 24.3 Å². The summed E-state index contributed by atoms with van der Waals surface area (Å²) in [7, 11) is 0. The van der Waals surface area contributed by atoms with E-state index < -0.39 is 23.7 Å². The summed E-state index contributed by atoms with van der Waals surface area (Å²) in [5, 5.41) is 3.73. The Morgan fingerprint density at radius 1 is 1.12 bits per heavy atom. The Morgan fingerprint density at radius 2 is 1.86 bits per heavy atom. The van der Waals surface area contributed by atoms with Gasteiger partial charge in [0.05, 0.1) is 5.69 Å². The van der Waals surface area contributed by atoms with Gasteiger partial charge in [-0.2, -0.15) is 13.2 Å². The minimum Gasteiger partial charge on any atom is -0.404 e. The van der Waals surface area contributed by atoms with Gasteiger partial charge in [-0.25, -0.2) is 0 Å². The molecule has 228 valence electrons. The lowest BCUT2D eigenvalue weighted by Gasteiger charge is -2.46. The monoisotopic (exact) mass is 595 g/mol. The first-order chi connectivity index (χ1) is 20.4. The molecule has 11 heteroatoms. The van der Waals surface area contributed by atoms with Crippen molar-refractivity contribution < 1.29 is 27.6 Å². The first-order valence-corrected chi connectivity index (χ1v) is 14.9. The zero-order valence-corrected chi connectivity index (χ0v) is 24.2. The molecule has 1 aliphatic carbocycles. The van der Waals surface area contributed by atoms with Gasteiger partial charge in [-0.15, -0.1) is 0 Å². The first kappa shape index (κ1) is 29.3. The topological polar surface area (TPSA) is 108 Å². The molecule has 0 aromatic heterocycles. The van der Waals surface area contributed by atoms with Crippen LogP contribution in [0.5, 0.6) is 0 Å². The van der Waals surface area contributed by atoms with Crippen LogP contribution in [0.3, 0.4) is 0 Å². The fraction of sp³-hybridized carbons (Fsp3) is 0.500. The number of carbonyl (C=O) groups is 3. The van der Waals surface area contributed by atoms with E-state index in [0.717, 1.165) is 30.3 Å². The fourth-order valence-electron chi connectivity index (χ4n) is 7.08. The maximum atomic E-state index is 14.4. The molecule has 3 amide bonds. The van der Waals surface area contributed by atoms with Crippen LogP contribution >= 0.6 is 0 Å². The lowest BCUT2D eigenvalue weighted by Crippen LogP contribution is -2.54. The lowest BCUT2D eigenvalue weighted by molar-refractivity contribution is -0.196. The summed E-state index contributed by atoms with van der Waals surface area (Å²) >= 11 is 0. The summed E-state index contributed by atoms with van der Waals surface area (Å²) in [5.41, 5.74) is 6.16. The van der Waals surface area contributed by atoms with E-state index in [-0.39, 0.29) is 49.3 Å². The number of alkyl halides is 3. The molecule has 4 aliphatic rings. The van der Waals surface area contributed by atoms with Crippen molar-refractivity contribution in [2.24, 2.45) is 16.1 Å². The van der Waals surface area contributed by atoms with Crippen LogP contribution in [0.1, 0.15) is 67.8 Å². The normalized spacial score (nSPS) is 24.1. The minimum atomic E-state index is -4.49. The van der Waals surface area contributed by atoms with Gasteiger partial charge in [0, 0.05) is 49.6 Å². The van der Waals surface area contributed by atoms with Gasteiger partial charge in [-0.05, 0) is 72.4 Å². The number of aliphatic imine (C=N–C) groups is 1. The van der Waals surface area contributed by atoms with Crippen molar-refractivity contribution in [1.82, 2.24) is 10.2 Å². The third-order valence-corrected chi connectivity index (χ3v) is 9.80. The van der Waals surface area contributed by atoms with E-state index in [1.165, 1.54) is 23.7 Å². The average molecular weight is 596 g/mol. The average Bonchev–Trinajstić information content (AvgIpc) is 3.24. The molecule has 2 aromatic rings. The molecule has 1 saturated carbocycles. The fourth-order valence-corrected chi connectivity index (χ4v) is 7.08. The van der Waals surface area contributed by atoms with Crippen LogP contribution in [0.25, 0.3) is 10.8 Å². The summed E-state index contributed by atoms with van der Waals surface area (Å²) in [4.78, 5) is 45.5. The Labute approximate surface area is 248 Å². The molecule has 0 bridgehead atoms. The summed E-state index contributed by atoms with van der Waals surface area (Å²) in [6.07, 6.45) is 1.87. The first-order valence-electron chi connectivity index (χ1n) is 14.9. The zero-order chi connectivity index (χ0) is 30.6. The van der Waals surface area contributed by atoms with Crippen molar-refractivity contribution in [2.45, 2.75) is 76.0 Å². The second kappa shape index (κ2) is 10.8. The minimum absolute atomic E-state index is 0.0970. The maximum Gasteiger partial charge on any atom is 0.413 e. The van der Waals surface area contributed by atoms with Gasteiger partial charge < -0.3 is 10.6 Å². The number of hydrogen-bond donors (Lipinski definition) is 2. The highest BCUT2D eigenvalue weighted by atomic mass is 19.4. The number of piperidine rings is 2. The summed E-state index contributed by atoms with van der Waals surface area (Å²) in [6, 6.07) is 8.02. The SMILES string of the molecule is CC1(CN2CCC(N=C/C(=C\N)Cc3ccc4c5c(cccc35)C(=O)N4C3CCC(=O)NC3=O)(C(F)(F)F)CC2)CCC1. The molecule has 3 aliphatic heterocycles. The van der Waals surface area contributed by atoms with Gasteiger partial charge in [0.1, 0.15) is 6.04 Å². The standard InChI is InChI=1S/C32H36F3N5O3/c1-30(10-3-11-30)19-39-14-12-31(13-15-39,32(33,34)35)37-18-20(17-36)16-21-6-7-24-27-22(21)4-2-5-23(27)29(43)40(24)25-8-9-26(41)38-28(25)42/h2,4-7,17-18,25H,3,8-16,19,36H2,1H3,(H,38,41,42)/b20-17-,37-18?. The number of amides is 3. The maximum absolute atomic E-state index is 14.4. The van der Waals surface area contributed by atoms with Gasteiger partial charge in [0.25, 0.3) is 5.91 Å². The number of hydrogen-bond acceptors (Lipinski definition) is 6. The number of carbonyl (C=O) groups excluding carboxylic acids is 3. The predicted octanol–water partition coefficient (Wildman–Crippen LogP) is 4.65. The molecule has 3 heterocycles. The second-order valence-electron chi connectivity index (χ2n) is 12.8. The molecule has 43 heavy (non-hydrogen) atoms. The number of rotatable bonds is 7. The van der Waals surface area contributed by atoms with Crippen LogP contribution in [0.2, 0.25) is 0 Å². The Morgan fingerprint density at radius 3 is 2.49 bits per heavy atom. The molecule has 8 nitrogen and oxygen atoms in total. The van der Waals surface area contributed by atoms with Crippen LogP contribution < -0.4 is 16.0 Å². The van der Waals surface area contributed by atoms with Crippen molar-refractivity contribution in [1.29, 1.82) is 0 Å². The van der Waals surface area contributed by atoms with Crippen LogP contribution in [-0.2, 0) is 16.0 Å². The Kier molecular flexibility index (Phi) is 7.35. The highest BCUT2D eigenvalue weighted by Crippen LogP contribution is 2.45. The zero-order valence-electron chi connectivity index (χ0n) is 24.2. The smallest absolute Gasteiger partial charge is 0.404 e. The largest absolute Gasteiger partial charge is 0.413 e. The third kappa shape index (κ3) is 5.21. The molecule has 1 atom stereocenters. The number of nitrogens with two attached hydrogens (primary N) is 1. The van der Waals surface area contributed by atoms with E-state index >= 15 is 0 Å². The highest BCUT2D eigenvalue weighted by molar-refractivity contribution is 6.27. The van der Waals surface area contributed by atoms with Crippen molar-refractivity contribution in [2.75, 3.05) is 24.5 Å². The molecular formula is C32H36F3N5O3. The van der Waals surface area contributed by atoms with Gasteiger partial charge in [0.2, 0.25) is 11.8 Å². The number of imide groups is 1. The molecule has 0 spiro atoms. The number of nitrogens with zero attached hydrogens (tertiary/aromatic N) is 3. The molecule has 3 N–H and O–H groups in total. The number of nitrogens with one attached hydrogen (secondary N) is 1. The summed E-state index contributed by atoms with van der Waals surface area (Å²) in [6.45, 7) is 3.73. The number of likely N-dealkylation sites (tertiary alicyclic amines) is 1. The molecule has 6 rings (SSSR count). The Hall–Kier alpha value is -3.73. The quantitative estimate of drug-likeness (QED) is 0.358. The van der Waals surface area contributed by atoms with Crippen LogP contribution in [0.15, 0.2) is 47.1 Å². The number of allylic oxidation sites excluding steroid dienone is 1. The molecule has 1 unspecified atom stereocenters. The molecule has 2 aromatic carbocycles. The van der Waals surface area contributed by atoms with Gasteiger partial charge in [-0.3, -0.25) is 29.6 Å². The molecule has 0 radical (unpaired) electrons. The number of benzene rings is 2. The lowest BCUT2D eigenvalue weighted by atomic mass is 9.70. The second-order valence-corrected chi connectivity index (χ2v) is 12.8. The van der Waals surface area contributed by atoms with Crippen molar-refractivity contribution in [3.63, 3.8) is 0 Å². The summed E-state index contributed by atoms with van der Waals surface area (Å²) < 4.78 is 43.3. The van der Waals surface area contributed by atoms with Crippen LogP contribution in [-0.4, -0.2) is 66.2 Å².